The van der Waals surface area contributed by atoms with Gasteiger partial charge in [-0.3, -0.25) is 0 Å². The van der Waals surface area contributed by atoms with Gasteiger partial charge < -0.3 is 5.11 Å². The Morgan fingerprint density at radius 1 is 1.10 bits per heavy atom. The Balaban J connectivity index is 2.43. The van der Waals surface area contributed by atoms with E-state index in [0.29, 0.717) is 0 Å². The van der Waals surface area contributed by atoms with Gasteiger partial charge in [0.2, 0.25) is 0 Å². The summed E-state index contributed by atoms with van der Waals surface area (Å²) in [6.45, 7) is 5.63. The van der Waals surface area contributed by atoms with Crippen LogP contribution in [0.25, 0.3) is 0 Å². The number of hydrogen-bond acceptors (Lipinski definition) is 1. The lowest BCUT2D eigenvalue weighted by Gasteiger charge is -2.39. The average Bonchev–Trinajstić information content (AvgIpc) is 2.49. The second-order valence-electron chi connectivity index (χ2n) is 5.58. The summed E-state index contributed by atoms with van der Waals surface area (Å²) in [5.41, 5.74) is 2.78. The van der Waals surface area contributed by atoms with Crippen molar-refractivity contribution in [2.24, 2.45) is 0 Å². The fourth-order valence-corrected chi connectivity index (χ4v) is 3.37. The third-order valence-corrected chi connectivity index (χ3v) is 4.35. The molecule has 0 atom stereocenters. The molecular formula is C19H24O. The normalized spacial score (nSPS) is 19.1. The van der Waals surface area contributed by atoms with E-state index in [1.54, 1.807) is 6.08 Å². The molecule has 20 heavy (non-hydrogen) atoms. The van der Waals surface area contributed by atoms with Gasteiger partial charge in [0.15, 0.2) is 0 Å². The first-order valence-corrected chi connectivity index (χ1v) is 7.47. The molecule has 1 aromatic carbocycles. The summed E-state index contributed by atoms with van der Waals surface area (Å²) in [7, 11) is 0. The highest BCUT2D eigenvalue weighted by Crippen LogP contribution is 2.45. The van der Waals surface area contributed by atoms with Gasteiger partial charge in [-0.05, 0) is 37.0 Å². The van der Waals surface area contributed by atoms with Gasteiger partial charge in [-0.2, -0.15) is 0 Å². The molecule has 0 radical (unpaired) electrons. The first-order chi connectivity index (χ1) is 9.69. The van der Waals surface area contributed by atoms with E-state index in [4.69, 9.17) is 0 Å². The Morgan fingerprint density at radius 3 is 2.30 bits per heavy atom. The van der Waals surface area contributed by atoms with Crippen molar-refractivity contribution in [2.45, 2.75) is 44.4 Å². The van der Waals surface area contributed by atoms with Crippen LogP contribution in [-0.4, -0.2) is 5.11 Å². The zero-order valence-electron chi connectivity index (χ0n) is 12.3. The van der Waals surface area contributed by atoms with Crippen LogP contribution in [0.3, 0.4) is 0 Å². The minimum absolute atomic E-state index is 0.0974. The third-order valence-electron chi connectivity index (χ3n) is 4.35. The summed E-state index contributed by atoms with van der Waals surface area (Å²) in [5, 5.41) is 9.34. The molecule has 1 N–H and O–H groups in total. The Morgan fingerprint density at radius 2 is 1.75 bits per heavy atom. The largest absolute Gasteiger partial charge is 0.509 e. The quantitative estimate of drug-likeness (QED) is 0.567. The standard InChI is InChI=1S/C19H24O/c1-3-17(13-12-16(2)20)19(14-8-5-9-15-19)18-10-6-4-7-11-18/h3-4,6-7,10-13,20H,2,5,8-9,14-15H2,1H3/b13-12-,17-3+. The molecule has 2 rings (SSSR count). The van der Waals surface area contributed by atoms with Gasteiger partial charge in [0.05, 0.1) is 0 Å². The minimum atomic E-state index is 0.0974. The maximum atomic E-state index is 9.34. The van der Waals surface area contributed by atoms with Crippen LogP contribution in [0.1, 0.15) is 44.6 Å². The fourth-order valence-electron chi connectivity index (χ4n) is 3.37. The van der Waals surface area contributed by atoms with Crippen molar-refractivity contribution in [1.82, 2.24) is 0 Å². The van der Waals surface area contributed by atoms with Crippen LogP contribution in [0.2, 0.25) is 0 Å². The van der Waals surface area contributed by atoms with Gasteiger partial charge in [0.1, 0.15) is 5.76 Å². The van der Waals surface area contributed by atoms with Crippen LogP contribution in [-0.2, 0) is 5.41 Å². The molecule has 0 heterocycles. The molecule has 1 heteroatoms. The maximum absolute atomic E-state index is 9.34. The molecule has 0 bridgehead atoms. The lowest BCUT2D eigenvalue weighted by molar-refractivity contribution is 0.344. The van der Waals surface area contributed by atoms with Crippen LogP contribution in [0.4, 0.5) is 0 Å². The van der Waals surface area contributed by atoms with Crippen molar-refractivity contribution in [1.29, 1.82) is 0 Å². The van der Waals surface area contributed by atoms with Crippen molar-refractivity contribution in [3.63, 3.8) is 0 Å². The lowest BCUT2D eigenvalue weighted by atomic mass is 9.64. The molecule has 1 fully saturated rings. The van der Waals surface area contributed by atoms with Gasteiger partial charge in [0.25, 0.3) is 0 Å². The van der Waals surface area contributed by atoms with E-state index in [1.165, 1.54) is 43.2 Å². The molecule has 106 valence electrons. The highest BCUT2D eigenvalue weighted by Gasteiger charge is 2.35. The monoisotopic (exact) mass is 268 g/mol. The van der Waals surface area contributed by atoms with E-state index in [1.807, 2.05) is 6.08 Å². The number of aliphatic hydroxyl groups excluding tert-OH is 1. The number of allylic oxidation sites excluding steroid dienone is 4. The highest BCUT2D eigenvalue weighted by molar-refractivity contribution is 5.43. The molecule has 0 saturated heterocycles. The average molecular weight is 268 g/mol. The van der Waals surface area contributed by atoms with Crippen molar-refractivity contribution in [3.8, 4) is 0 Å². The van der Waals surface area contributed by atoms with Crippen LogP contribution >= 0.6 is 0 Å². The predicted molar refractivity (Wildman–Crippen MR) is 85.9 cm³/mol. The van der Waals surface area contributed by atoms with Gasteiger partial charge in [-0.15, -0.1) is 0 Å². The van der Waals surface area contributed by atoms with Crippen LogP contribution in [0, 0.1) is 0 Å². The first kappa shape index (κ1) is 14.6. The molecule has 1 saturated carbocycles. The molecule has 0 unspecified atom stereocenters. The summed E-state index contributed by atoms with van der Waals surface area (Å²) < 4.78 is 0. The van der Waals surface area contributed by atoms with E-state index < -0.39 is 0 Å². The van der Waals surface area contributed by atoms with E-state index >= 15 is 0 Å². The van der Waals surface area contributed by atoms with Crippen LogP contribution in [0.15, 0.2) is 66.5 Å². The Labute approximate surface area is 122 Å². The van der Waals surface area contributed by atoms with Crippen molar-refractivity contribution in [3.05, 3.63) is 72.0 Å². The Bertz CT molecular complexity index is 502. The van der Waals surface area contributed by atoms with E-state index in [0.717, 1.165) is 0 Å². The molecule has 1 aliphatic carbocycles. The number of aliphatic hydroxyl groups is 1. The topological polar surface area (TPSA) is 20.2 Å². The summed E-state index contributed by atoms with van der Waals surface area (Å²) in [4.78, 5) is 0. The van der Waals surface area contributed by atoms with Gasteiger partial charge in [0, 0.05) is 5.41 Å². The molecular weight excluding hydrogens is 244 g/mol. The smallest absolute Gasteiger partial charge is 0.108 e. The van der Waals surface area contributed by atoms with Gasteiger partial charge in [-0.1, -0.05) is 68.3 Å². The fraction of sp³-hybridized carbons (Fsp3) is 0.368. The molecule has 1 nitrogen and oxygen atoms in total. The third kappa shape index (κ3) is 3.04. The molecule has 1 aromatic rings. The number of benzene rings is 1. The van der Waals surface area contributed by atoms with E-state index in [2.05, 4.69) is 49.9 Å². The first-order valence-electron chi connectivity index (χ1n) is 7.47. The minimum Gasteiger partial charge on any atom is -0.509 e. The van der Waals surface area contributed by atoms with E-state index in [9.17, 15) is 5.11 Å². The van der Waals surface area contributed by atoms with Crippen LogP contribution in [0.5, 0.6) is 0 Å². The molecule has 0 aliphatic heterocycles. The SMILES string of the molecule is C=C(O)/C=C\C(=C/C)C1(c2ccccc2)CCCCC1. The van der Waals surface area contributed by atoms with E-state index in [-0.39, 0.29) is 11.2 Å². The Kier molecular flexibility index (Phi) is 4.84. The molecule has 0 spiro atoms. The van der Waals surface area contributed by atoms with Crippen molar-refractivity contribution < 1.29 is 5.11 Å². The zero-order valence-corrected chi connectivity index (χ0v) is 12.3. The second kappa shape index (κ2) is 6.60. The molecule has 0 aromatic heterocycles. The predicted octanol–water partition coefficient (Wildman–Crippen LogP) is 5.46. The lowest BCUT2D eigenvalue weighted by Crippen LogP contribution is -2.30. The Hall–Kier alpha value is -1.76. The summed E-state index contributed by atoms with van der Waals surface area (Å²) >= 11 is 0. The summed E-state index contributed by atoms with van der Waals surface area (Å²) in [6, 6.07) is 10.8. The highest BCUT2D eigenvalue weighted by atomic mass is 16.3. The molecule has 0 amide bonds. The van der Waals surface area contributed by atoms with Gasteiger partial charge in [-0.25, -0.2) is 0 Å². The van der Waals surface area contributed by atoms with Crippen LogP contribution < -0.4 is 0 Å². The zero-order chi connectivity index (χ0) is 14.4. The maximum Gasteiger partial charge on any atom is 0.108 e. The summed E-state index contributed by atoms with van der Waals surface area (Å²) in [5.74, 6) is 0.114. The van der Waals surface area contributed by atoms with Crippen molar-refractivity contribution in [2.75, 3.05) is 0 Å². The molecule has 1 aliphatic rings. The van der Waals surface area contributed by atoms with Gasteiger partial charge >= 0.3 is 0 Å². The van der Waals surface area contributed by atoms with Crippen molar-refractivity contribution >= 4 is 0 Å². The number of rotatable bonds is 4. The summed E-state index contributed by atoms with van der Waals surface area (Å²) in [6.07, 6.45) is 12.1. The second-order valence-corrected chi connectivity index (χ2v) is 5.58. The number of hydrogen-bond donors (Lipinski definition) is 1.